The zero-order valence-corrected chi connectivity index (χ0v) is 21.3. The van der Waals surface area contributed by atoms with E-state index in [4.69, 9.17) is 23.7 Å². The largest absolute Gasteiger partial charge is 0.504 e. The Morgan fingerprint density at radius 2 is 1.33 bits per heavy atom. The van der Waals surface area contributed by atoms with Crippen LogP contribution in [-0.4, -0.2) is 152 Å². The summed E-state index contributed by atoms with van der Waals surface area (Å²) in [7, 11) is 1.35. The Morgan fingerprint density at radius 1 is 0.795 bits per heavy atom. The number of aliphatic hydroxyl groups is 9. The first kappa shape index (κ1) is 31.8. The topological polar surface area (TPSA) is 248 Å². The maximum absolute atomic E-state index is 11.5. The molecule has 10 N–H and O–H groups in total. The van der Waals surface area contributed by atoms with E-state index in [9.17, 15) is 51.1 Å². The molecule has 0 aliphatic carbocycles. The molecule has 224 valence electrons. The van der Waals surface area contributed by atoms with Gasteiger partial charge in [0.25, 0.3) is 0 Å². The smallest absolute Gasteiger partial charge is 0.186 e. The Bertz CT molecular complexity index is 900. The minimum absolute atomic E-state index is 0.112. The van der Waals surface area contributed by atoms with Gasteiger partial charge in [-0.1, -0.05) is 6.07 Å². The van der Waals surface area contributed by atoms with Crippen LogP contribution in [0.1, 0.15) is 12.0 Å². The maximum atomic E-state index is 11.5. The summed E-state index contributed by atoms with van der Waals surface area (Å²) in [5, 5.41) is 100. The second kappa shape index (κ2) is 13.8. The normalized spacial score (nSPS) is 36.9. The Kier molecular flexibility index (Phi) is 11.2. The Morgan fingerprint density at radius 3 is 1.85 bits per heavy atom. The molecule has 0 bridgehead atoms. The number of phenolic OH excluding ortho intramolecular Hbond substituents is 1. The second-order valence-electron chi connectivity index (χ2n) is 9.73. The van der Waals surface area contributed by atoms with Gasteiger partial charge < -0.3 is 74.7 Å². The summed E-state index contributed by atoms with van der Waals surface area (Å²) < 4.78 is 26.8. The number of rotatable bonds is 12. The minimum Gasteiger partial charge on any atom is -0.504 e. The molecule has 2 aliphatic heterocycles. The SMILES string of the molecule is COc1cc(CC(O)(CCO[C@@H]2O[C@H](CO)[C@@H](O)[C@H](O)[C@H]2O)CO[C@@H]2O[C@H](CO)[C@@H](O)[C@H](O)[C@H]2O)ccc1O. The molecular weight excluding hydrogens is 528 g/mol. The average Bonchev–Trinajstić information content (AvgIpc) is 2.92. The maximum Gasteiger partial charge on any atom is 0.186 e. The number of aromatic hydroxyl groups is 1. The molecule has 0 radical (unpaired) electrons. The number of methoxy groups -OCH3 is 1. The van der Waals surface area contributed by atoms with E-state index in [-0.39, 0.29) is 30.9 Å². The van der Waals surface area contributed by atoms with Crippen molar-refractivity contribution in [1.82, 2.24) is 0 Å². The highest BCUT2D eigenvalue weighted by Crippen LogP contribution is 2.30. The van der Waals surface area contributed by atoms with E-state index in [2.05, 4.69) is 0 Å². The van der Waals surface area contributed by atoms with Crippen LogP contribution in [0.15, 0.2) is 18.2 Å². The highest BCUT2D eigenvalue weighted by molar-refractivity contribution is 5.42. The molecule has 11 atom stereocenters. The van der Waals surface area contributed by atoms with Gasteiger partial charge in [0, 0.05) is 12.8 Å². The van der Waals surface area contributed by atoms with Crippen molar-refractivity contribution in [3.05, 3.63) is 23.8 Å². The summed E-state index contributed by atoms with van der Waals surface area (Å²) in [5.41, 5.74) is -1.27. The predicted molar refractivity (Wildman–Crippen MR) is 127 cm³/mol. The highest BCUT2D eigenvalue weighted by Gasteiger charge is 2.46. The summed E-state index contributed by atoms with van der Waals surface area (Å²) in [6, 6.07) is 4.36. The zero-order valence-electron chi connectivity index (χ0n) is 21.3. The van der Waals surface area contributed by atoms with Crippen LogP contribution in [0.25, 0.3) is 0 Å². The molecule has 2 saturated heterocycles. The van der Waals surface area contributed by atoms with Gasteiger partial charge in [-0.05, 0) is 17.7 Å². The molecule has 1 aromatic carbocycles. The van der Waals surface area contributed by atoms with Gasteiger partial charge in [-0.25, -0.2) is 0 Å². The molecule has 2 aliphatic rings. The van der Waals surface area contributed by atoms with Crippen molar-refractivity contribution < 1.29 is 74.7 Å². The van der Waals surface area contributed by atoms with Gasteiger partial charge in [0.2, 0.25) is 0 Å². The molecule has 15 heteroatoms. The van der Waals surface area contributed by atoms with E-state index in [1.807, 2.05) is 0 Å². The van der Waals surface area contributed by atoms with Gasteiger partial charge >= 0.3 is 0 Å². The standard InChI is InChI=1S/C24H38O15/c1-35-13-6-11(2-3-12(13)27)7-24(34,10-37-23-21(33)19(31)17(29)15(9-26)39-23)4-5-36-22-20(32)18(30)16(28)14(8-25)38-22/h2-3,6,14-23,25-34H,4-5,7-10H2,1H3/t14-,15-,16-,17-,18+,19+,20-,21-,22-,23-,24?/m1/s1. The van der Waals surface area contributed by atoms with Crippen LogP contribution in [0.4, 0.5) is 0 Å². The summed E-state index contributed by atoms with van der Waals surface area (Å²) in [4.78, 5) is 0. The number of ether oxygens (including phenoxy) is 5. The van der Waals surface area contributed by atoms with Crippen LogP contribution in [0, 0.1) is 0 Å². The molecule has 1 unspecified atom stereocenters. The van der Waals surface area contributed by atoms with E-state index >= 15 is 0 Å². The third-order valence-corrected chi connectivity index (χ3v) is 6.84. The van der Waals surface area contributed by atoms with Crippen molar-refractivity contribution >= 4 is 0 Å². The van der Waals surface area contributed by atoms with Crippen LogP contribution in [-0.2, 0) is 25.4 Å². The van der Waals surface area contributed by atoms with Crippen LogP contribution in [0.3, 0.4) is 0 Å². The second-order valence-corrected chi connectivity index (χ2v) is 9.73. The molecule has 0 saturated carbocycles. The number of hydrogen-bond donors (Lipinski definition) is 10. The van der Waals surface area contributed by atoms with Gasteiger partial charge in [-0.2, -0.15) is 0 Å². The number of aliphatic hydroxyl groups excluding tert-OH is 8. The molecule has 39 heavy (non-hydrogen) atoms. The average molecular weight is 567 g/mol. The Hall–Kier alpha value is -1.70. The first-order valence-electron chi connectivity index (χ1n) is 12.4. The fraction of sp³-hybridized carbons (Fsp3) is 0.750. The highest BCUT2D eigenvalue weighted by atomic mass is 16.7. The fourth-order valence-corrected chi connectivity index (χ4v) is 4.44. The van der Waals surface area contributed by atoms with Crippen LogP contribution in [0.2, 0.25) is 0 Å². The van der Waals surface area contributed by atoms with Crippen LogP contribution < -0.4 is 4.74 Å². The van der Waals surface area contributed by atoms with Crippen molar-refractivity contribution in [2.24, 2.45) is 0 Å². The van der Waals surface area contributed by atoms with E-state index in [1.54, 1.807) is 0 Å². The van der Waals surface area contributed by atoms with E-state index < -0.39 is 86.8 Å². The summed E-state index contributed by atoms with van der Waals surface area (Å²) >= 11 is 0. The summed E-state index contributed by atoms with van der Waals surface area (Å²) in [6.45, 7) is -2.12. The van der Waals surface area contributed by atoms with Crippen molar-refractivity contribution in [3.63, 3.8) is 0 Å². The number of phenols is 1. The molecule has 3 rings (SSSR count). The quantitative estimate of drug-likeness (QED) is 0.115. The lowest BCUT2D eigenvalue weighted by Crippen LogP contribution is -2.60. The lowest BCUT2D eigenvalue weighted by atomic mass is 9.91. The van der Waals surface area contributed by atoms with Gasteiger partial charge in [-0.15, -0.1) is 0 Å². The minimum atomic E-state index is -1.77. The fourth-order valence-electron chi connectivity index (χ4n) is 4.44. The molecule has 0 amide bonds. The number of hydrogen-bond acceptors (Lipinski definition) is 15. The third-order valence-electron chi connectivity index (χ3n) is 6.84. The molecule has 2 heterocycles. The zero-order chi connectivity index (χ0) is 28.9. The van der Waals surface area contributed by atoms with E-state index in [1.165, 1.54) is 25.3 Å². The van der Waals surface area contributed by atoms with Crippen molar-refractivity contribution in [1.29, 1.82) is 0 Å². The van der Waals surface area contributed by atoms with Gasteiger partial charge in [-0.3, -0.25) is 0 Å². The first-order valence-corrected chi connectivity index (χ1v) is 12.4. The molecule has 0 spiro atoms. The molecular formula is C24H38O15. The molecule has 2 fully saturated rings. The van der Waals surface area contributed by atoms with Crippen molar-refractivity contribution in [2.45, 2.75) is 79.9 Å². The van der Waals surface area contributed by atoms with Gasteiger partial charge in [0.15, 0.2) is 24.1 Å². The van der Waals surface area contributed by atoms with Gasteiger partial charge in [0.1, 0.15) is 48.8 Å². The molecule has 0 aromatic heterocycles. The summed E-state index contributed by atoms with van der Waals surface area (Å²) in [6.07, 6.45) is -15.5. The third kappa shape index (κ3) is 7.53. The van der Waals surface area contributed by atoms with Gasteiger partial charge in [0.05, 0.1) is 39.1 Å². The predicted octanol–water partition coefficient (Wildman–Crippen LogP) is -4.30. The van der Waals surface area contributed by atoms with Crippen molar-refractivity contribution in [3.8, 4) is 11.5 Å². The van der Waals surface area contributed by atoms with Crippen molar-refractivity contribution in [2.75, 3.05) is 33.5 Å². The Balaban J connectivity index is 1.72. The first-order chi connectivity index (χ1) is 18.4. The monoisotopic (exact) mass is 566 g/mol. The van der Waals surface area contributed by atoms with Crippen LogP contribution >= 0.6 is 0 Å². The number of benzene rings is 1. The lowest BCUT2D eigenvalue weighted by Gasteiger charge is -2.41. The molecule has 1 aromatic rings. The van der Waals surface area contributed by atoms with E-state index in [0.29, 0.717) is 5.56 Å². The Labute approximate surface area is 223 Å². The van der Waals surface area contributed by atoms with Crippen LogP contribution in [0.5, 0.6) is 11.5 Å². The molecule has 15 nitrogen and oxygen atoms in total. The summed E-state index contributed by atoms with van der Waals surface area (Å²) in [5.74, 6) is 0.00980. The van der Waals surface area contributed by atoms with E-state index in [0.717, 1.165) is 0 Å². The lowest BCUT2D eigenvalue weighted by molar-refractivity contribution is -0.312.